The van der Waals surface area contributed by atoms with Gasteiger partial charge in [0, 0.05) is 23.9 Å². The fourth-order valence-corrected chi connectivity index (χ4v) is 3.11. The minimum atomic E-state index is -3.04. The predicted octanol–water partition coefficient (Wildman–Crippen LogP) is 2.32. The van der Waals surface area contributed by atoms with Crippen LogP contribution in [0.15, 0.2) is 36.5 Å². The van der Waals surface area contributed by atoms with Gasteiger partial charge in [0.2, 0.25) is 0 Å². The summed E-state index contributed by atoms with van der Waals surface area (Å²) in [7, 11) is -3.04. The van der Waals surface area contributed by atoms with Crippen molar-refractivity contribution in [3.8, 4) is 0 Å². The maximum atomic E-state index is 11.6. The number of hydrogen-bond acceptors (Lipinski definition) is 4. The quantitative estimate of drug-likeness (QED) is 0.887. The first-order valence-corrected chi connectivity index (χ1v) is 8.81. The summed E-state index contributed by atoms with van der Waals surface area (Å²) in [4.78, 5) is 4.32. The first-order valence-electron chi connectivity index (χ1n) is 6.75. The number of sulfone groups is 1. The molecule has 1 aromatic carbocycles. The number of hydrogen-bond donors (Lipinski definition) is 1. The van der Waals surface area contributed by atoms with E-state index in [4.69, 9.17) is 0 Å². The molecule has 0 radical (unpaired) electrons. The highest BCUT2D eigenvalue weighted by Gasteiger charge is 2.17. The van der Waals surface area contributed by atoms with Crippen LogP contribution < -0.4 is 5.32 Å². The second-order valence-electron chi connectivity index (χ2n) is 5.05. The first kappa shape index (κ1) is 14.9. The van der Waals surface area contributed by atoms with Crippen LogP contribution in [0.1, 0.15) is 24.9 Å². The van der Waals surface area contributed by atoms with Gasteiger partial charge in [-0.05, 0) is 30.7 Å². The third-order valence-electron chi connectivity index (χ3n) is 3.14. The molecule has 2 rings (SSSR count). The molecule has 0 fully saturated rings. The number of aromatic nitrogens is 1. The van der Waals surface area contributed by atoms with E-state index in [2.05, 4.69) is 17.2 Å². The van der Waals surface area contributed by atoms with Gasteiger partial charge in [-0.2, -0.15) is 0 Å². The summed E-state index contributed by atoms with van der Waals surface area (Å²) in [5.41, 5.74) is 1.86. The average Bonchev–Trinajstić information content (AvgIpc) is 2.41. The molecular weight excluding hydrogens is 272 g/mol. The normalized spacial score (nSPS) is 13.5. The van der Waals surface area contributed by atoms with E-state index >= 15 is 0 Å². The van der Waals surface area contributed by atoms with Gasteiger partial charge < -0.3 is 5.32 Å². The molecule has 20 heavy (non-hydrogen) atoms. The van der Waals surface area contributed by atoms with Crippen LogP contribution in [0.5, 0.6) is 0 Å². The lowest BCUT2D eigenvalue weighted by Crippen LogP contribution is -2.28. The first-order chi connectivity index (χ1) is 9.49. The Morgan fingerprint density at radius 1 is 1.30 bits per heavy atom. The van der Waals surface area contributed by atoms with Gasteiger partial charge in [0.25, 0.3) is 0 Å². The number of nitrogens with one attached hydrogen (secondary N) is 1. The number of pyridine rings is 1. The fourth-order valence-electron chi connectivity index (χ4n) is 2.19. The molecule has 0 spiro atoms. The van der Waals surface area contributed by atoms with Gasteiger partial charge >= 0.3 is 0 Å². The van der Waals surface area contributed by atoms with E-state index in [1.54, 1.807) is 6.20 Å². The second-order valence-corrected chi connectivity index (χ2v) is 7.24. The smallest absolute Gasteiger partial charge is 0.149 e. The van der Waals surface area contributed by atoms with Gasteiger partial charge in [0.15, 0.2) is 0 Å². The van der Waals surface area contributed by atoms with E-state index in [0.29, 0.717) is 0 Å². The highest BCUT2D eigenvalue weighted by molar-refractivity contribution is 7.90. The zero-order valence-electron chi connectivity index (χ0n) is 11.8. The molecule has 1 heterocycles. The summed E-state index contributed by atoms with van der Waals surface area (Å²) in [6.07, 6.45) is 3.98. The topological polar surface area (TPSA) is 59.1 Å². The zero-order valence-corrected chi connectivity index (χ0v) is 12.7. The van der Waals surface area contributed by atoms with Crippen LogP contribution in [0.25, 0.3) is 10.9 Å². The number of rotatable bonds is 6. The Labute approximate surface area is 120 Å². The molecule has 108 valence electrons. The molecule has 0 saturated carbocycles. The third kappa shape index (κ3) is 4.02. The predicted molar refractivity (Wildman–Crippen MR) is 82.5 cm³/mol. The van der Waals surface area contributed by atoms with Crippen LogP contribution in [0.3, 0.4) is 0 Å². The van der Waals surface area contributed by atoms with Crippen LogP contribution in [-0.4, -0.2) is 32.0 Å². The lowest BCUT2D eigenvalue weighted by atomic mass is 10.1. The van der Waals surface area contributed by atoms with Crippen LogP contribution >= 0.6 is 0 Å². The van der Waals surface area contributed by atoms with Crippen molar-refractivity contribution in [1.82, 2.24) is 10.3 Å². The molecule has 1 unspecified atom stereocenters. The molecule has 0 aliphatic rings. The average molecular weight is 292 g/mol. The van der Waals surface area contributed by atoms with Gasteiger partial charge in [-0.25, -0.2) is 8.42 Å². The van der Waals surface area contributed by atoms with Crippen molar-refractivity contribution in [3.05, 3.63) is 42.1 Å². The van der Waals surface area contributed by atoms with Gasteiger partial charge in [-0.1, -0.05) is 25.1 Å². The highest BCUT2D eigenvalue weighted by Crippen LogP contribution is 2.20. The summed E-state index contributed by atoms with van der Waals surface area (Å²) in [5, 5.41) is 4.36. The summed E-state index contributed by atoms with van der Waals surface area (Å²) < 4.78 is 23.2. The molecule has 0 aliphatic heterocycles. The molecule has 0 amide bonds. The minimum absolute atomic E-state index is 0.103. The Morgan fingerprint density at radius 2 is 2.10 bits per heavy atom. The van der Waals surface area contributed by atoms with Crippen LogP contribution in [0, 0.1) is 0 Å². The maximum absolute atomic E-state index is 11.6. The van der Waals surface area contributed by atoms with Gasteiger partial charge in [0.05, 0.1) is 11.3 Å². The molecule has 4 nitrogen and oxygen atoms in total. The molecule has 0 aliphatic carbocycles. The minimum Gasteiger partial charge on any atom is -0.309 e. The lowest BCUT2D eigenvalue weighted by Gasteiger charge is -2.18. The standard InChI is InChI=1S/C15H20N2O2S/c1-3-8-16-15(11-20(2,18)19)13-7-6-12-5-4-9-17-14(12)10-13/h4-7,9-10,15-16H,3,8,11H2,1-2H3. The largest absolute Gasteiger partial charge is 0.309 e. The third-order valence-corrected chi connectivity index (χ3v) is 4.08. The molecule has 1 N–H and O–H groups in total. The van der Waals surface area contributed by atoms with Crippen molar-refractivity contribution in [2.24, 2.45) is 0 Å². The van der Waals surface area contributed by atoms with E-state index < -0.39 is 9.84 Å². The second kappa shape index (κ2) is 6.33. The Balaban J connectivity index is 2.34. The van der Waals surface area contributed by atoms with Crippen molar-refractivity contribution in [1.29, 1.82) is 0 Å². The number of fused-ring (bicyclic) bond motifs is 1. The molecule has 1 atom stereocenters. The highest BCUT2D eigenvalue weighted by atomic mass is 32.2. The van der Waals surface area contributed by atoms with E-state index in [-0.39, 0.29) is 11.8 Å². The Hall–Kier alpha value is -1.46. The number of nitrogens with zero attached hydrogens (tertiary/aromatic N) is 1. The van der Waals surface area contributed by atoms with Crippen molar-refractivity contribution in [3.63, 3.8) is 0 Å². The van der Waals surface area contributed by atoms with E-state index in [1.165, 1.54) is 6.26 Å². The molecule has 5 heteroatoms. The Morgan fingerprint density at radius 3 is 2.80 bits per heavy atom. The zero-order chi connectivity index (χ0) is 14.6. The molecular formula is C15H20N2O2S. The van der Waals surface area contributed by atoms with Crippen molar-refractivity contribution in [2.45, 2.75) is 19.4 Å². The van der Waals surface area contributed by atoms with Gasteiger partial charge in [0.1, 0.15) is 9.84 Å². The molecule has 0 bridgehead atoms. The summed E-state index contributed by atoms with van der Waals surface area (Å²) in [6, 6.07) is 9.63. The fraction of sp³-hybridized carbons (Fsp3) is 0.400. The maximum Gasteiger partial charge on any atom is 0.149 e. The SMILES string of the molecule is CCCNC(CS(C)(=O)=O)c1ccc2cccnc2c1. The Bertz CT molecular complexity index is 683. The summed E-state index contributed by atoms with van der Waals surface area (Å²) >= 11 is 0. The van der Waals surface area contributed by atoms with Crippen LogP contribution in [-0.2, 0) is 9.84 Å². The van der Waals surface area contributed by atoms with E-state index in [9.17, 15) is 8.42 Å². The van der Waals surface area contributed by atoms with Crippen LogP contribution in [0.4, 0.5) is 0 Å². The van der Waals surface area contributed by atoms with Gasteiger partial charge in [-0.3, -0.25) is 4.98 Å². The lowest BCUT2D eigenvalue weighted by molar-refractivity contribution is 0.549. The summed E-state index contributed by atoms with van der Waals surface area (Å²) in [5.74, 6) is 0.103. The van der Waals surface area contributed by atoms with Crippen LogP contribution in [0.2, 0.25) is 0 Å². The van der Waals surface area contributed by atoms with E-state index in [1.807, 2.05) is 30.3 Å². The van der Waals surface area contributed by atoms with Crippen molar-refractivity contribution >= 4 is 20.7 Å². The van der Waals surface area contributed by atoms with Crippen molar-refractivity contribution in [2.75, 3.05) is 18.6 Å². The Kier molecular flexibility index (Phi) is 4.73. The molecule has 2 aromatic rings. The summed E-state index contributed by atoms with van der Waals surface area (Å²) in [6.45, 7) is 2.85. The molecule has 1 aromatic heterocycles. The van der Waals surface area contributed by atoms with Crippen molar-refractivity contribution < 1.29 is 8.42 Å². The molecule has 0 saturated heterocycles. The monoisotopic (exact) mass is 292 g/mol. The number of benzene rings is 1. The van der Waals surface area contributed by atoms with Gasteiger partial charge in [-0.15, -0.1) is 0 Å². The van der Waals surface area contributed by atoms with E-state index in [0.717, 1.165) is 29.4 Å².